The number of carbonyl (C=O) groups is 2. The number of amides is 2. The van der Waals surface area contributed by atoms with Crippen LogP contribution >= 0.6 is 11.3 Å². The van der Waals surface area contributed by atoms with Crippen molar-refractivity contribution in [1.29, 1.82) is 0 Å². The lowest BCUT2D eigenvalue weighted by molar-refractivity contribution is -0.140. The van der Waals surface area contributed by atoms with Gasteiger partial charge in [-0.15, -0.1) is 11.3 Å². The summed E-state index contributed by atoms with van der Waals surface area (Å²) in [4.78, 5) is 35.0. The quantitative estimate of drug-likeness (QED) is 0.470. The van der Waals surface area contributed by atoms with Crippen LogP contribution in [-0.4, -0.2) is 61.0 Å². The van der Waals surface area contributed by atoms with E-state index in [4.69, 9.17) is 4.74 Å². The van der Waals surface area contributed by atoms with Gasteiger partial charge in [-0.1, -0.05) is 12.1 Å². The van der Waals surface area contributed by atoms with Crippen LogP contribution in [0, 0.1) is 0 Å². The Hall–Kier alpha value is -3.43. The number of piperazine rings is 1. The first-order chi connectivity index (χ1) is 17.0. The van der Waals surface area contributed by atoms with E-state index in [9.17, 15) is 9.59 Å². The molecule has 0 saturated carbocycles. The first-order valence-electron chi connectivity index (χ1n) is 11.7. The van der Waals surface area contributed by atoms with Crippen molar-refractivity contribution in [3.63, 3.8) is 0 Å². The second-order valence-electron chi connectivity index (χ2n) is 8.49. The van der Waals surface area contributed by atoms with Crippen molar-refractivity contribution in [2.24, 2.45) is 0 Å². The highest BCUT2D eigenvalue weighted by molar-refractivity contribution is 7.10. The predicted molar refractivity (Wildman–Crippen MR) is 138 cm³/mol. The molecule has 1 fully saturated rings. The SMILES string of the molecule is COc1ccc(N2CCN([C@H](c3cccs3)[C@@H](C)NC(=O)C(=O)NCc3cccnc3)CC2)cc1. The van der Waals surface area contributed by atoms with Gasteiger partial charge in [-0.05, 0) is 54.3 Å². The maximum Gasteiger partial charge on any atom is 0.309 e. The van der Waals surface area contributed by atoms with Gasteiger partial charge < -0.3 is 20.3 Å². The zero-order valence-electron chi connectivity index (χ0n) is 20.0. The van der Waals surface area contributed by atoms with Crippen LogP contribution in [0.5, 0.6) is 5.75 Å². The van der Waals surface area contributed by atoms with Crippen LogP contribution in [0.4, 0.5) is 5.69 Å². The Kier molecular flexibility index (Phi) is 8.33. The third kappa shape index (κ3) is 6.37. The smallest absolute Gasteiger partial charge is 0.309 e. The van der Waals surface area contributed by atoms with E-state index in [2.05, 4.69) is 43.6 Å². The van der Waals surface area contributed by atoms with Crippen molar-refractivity contribution in [3.05, 3.63) is 76.7 Å². The van der Waals surface area contributed by atoms with Crippen molar-refractivity contribution >= 4 is 28.8 Å². The zero-order valence-corrected chi connectivity index (χ0v) is 20.8. The number of thiophene rings is 1. The lowest BCUT2D eigenvalue weighted by Gasteiger charge is -2.42. The molecule has 4 rings (SSSR count). The molecule has 1 aromatic carbocycles. The fourth-order valence-corrected chi connectivity index (χ4v) is 5.33. The van der Waals surface area contributed by atoms with E-state index in [0.29, 0.717) is 0 Å². The van der Waals surface area contributed by atoms with Crippen molar-refractivity contribution < 1.29 is 14.3 Å². The van der Waals surface area contributed by atoms with Gasteiger partial charge in [0.25, 0.3) is 0 Å². The van der Waals surface area contributed by atoms with E-state index in [1.54, 1.807) is 36.9 Å². The second kappa shape index (κ2) is 11.8. The van der Waals surface area contributed by atoms with Gasteiger partial charge in [0.1, 0.15) is 5.75 Å². The van der Waals surface area contributed by atoms with E-state index in [1.165, 1.54) is 10.6 Å². The van der Waals surface area contributed by atoms with Gasteiger partial charge in [0.15, 0.2) is 0 Å². The maximum absolute atomic E-state index is 12.6. The molecule has 184 valence electrons. The zero-order chi connectivity index (χ0) is 24.6. The van der Waals surface area contributed by atoms with Crippen molar-refractivity contribution in [3.8, 4) is 5.75 Å². The Morgan fingerprint density at radius 1 is 1.06 bits per heavy atom. The summed E-state index contributed by atoms with van der Waals surface area (Å²) >= 11 is 1.67. The molecule has 2 atom stereocenters. The monoisotopic (exact) mass is 493 g/mol. The number of carbonyl (C=O) groups excluding carboxylic acids is 2. The van der Waals surface area contributed by atoms with E-state index in [0.717, 1.165) is 37.5 Å². The van der Waals surface area contributed by atoms with Gasteiger partial charge in [0.05, 0.1) is 13.2 Å². The fraction of sp³-hybridized carbons (Fsp3) is 0.346. The van der Waals surface area contributed by atoms with E-state index in [-0.39, 0.29) is 18.6 Å². The number of hydrogen-bond donors (Lipinski definition) is 2. The summed E-state index contributed by atoms with van der Waals surface area (Å²) in [5, 5.41) is 7.65. The van der Waals surface area contributed by atoms with Crippen LogP contribution in [0.2, 0.25) is 0 Å². The topological polar surface area (TPSA) is 86.8 Å². The lowest BCUT2D eigenvalue weighted by atomic mass is 10.0. The lowest BCUT2D eigenvalue weighted by Crippen LogP contribution is -2.53. The first-order valence-corrected chi connectivity index (χ1v) is 12.6. The predicted octanol–water partition coefficient (Wildman–Crippen LogP) is 2.84. The molecule has 8 nitrogen and oxygen atoms in total. The molecule has 0 radical (unpaired) electrons. The summed E-state index contributed by atoms with van der Waals surface area (Å²) in [6.45, 7) is 5.67. The summed E-state index contributed by atoms with van der Waals surface area (Å²) in [5.74, 6) is -0.422. The molecule has 0 bridgehead atoms. The van der Waals surface area contributed by atoms with Crippen LogP contribution in [0.3, 0.4) is 0 Å². The number of nitrogens with zero attached hydrogens (tertiary/aromatic N) is 3. The second-order valence-corrected chi connectivity index (χ2v) is 9.47. The Morgan fingerprint density at radius 3 is 2.46 bits per heavy atom. The molecule has 3 aromatic rings. The standard InChI is InChI=1S/C26H31N5O3S/c1-19(29-26(33)25(32)28-18-20-5-3-11-27-17-20)24(23-6-4-16-35-23)31-14-12-30(13-15-31)21-7-9-22(34-2)10-8-21/h3-11,16-17,19,24H,12-15,18H2,1-2H3,(H,28,32)(H,29,33)/t19-,24+/m1/s1. The average Bonchev–Trinajstić information content (AvgIpc) is 3.43. The maximum atomic E-state index is 12.6. The highest BCUT2D eigenvalue weighted by Crippen LogP contribution is 2.30. The summed E-state index contributed by atoms with van der Waals surface area (Å²) < 4.78 is 5.27. The Labute approximate surface area is 209 Å². The molecule has 35 heavy (non-hydrogen) atoms. The highest BCUT2D eigenvalue weighted by atomic mass is 32.1. The number of aromatic nitrogens is 1. The molecular formula is C26H31N5O3S. The van der Waals surface area contributed by atoms with Crippen LogP contribution in [0.25, 0.3) is 0 Å². The molecule has 1 saturated heterocycles. The first kappa shape index (κ1) is 24.7. The highest BCUT2D eigenvalue weighted by Gasteiger charge is 2.32. The van der Waals surface area contributed by atoms with Crippen LogP contribution in [0.1, 0.15) is 23.4 Å². The number of anilines is 1. The minimum absolute atomic E-state index is 0.0110. The molecule has 9 heteroatoms. The number of pyridine rings is 1. The van der Waals surface area contributed by atoms with Gasteiger partial charge in [-0.2, -0.15) is 0 Å². The number of methoxy groups -OCH3 is 1. The summed E-state index contributed by atoms with van der Waals surface area (Å²) in [6, 6.07) is 15.6. The van der Waals surface area contributed by atoms with E-state index >= 15 is 0 Å². The van der Waals surface area contributed by atoms with Gasteiger partial charge >= 0.3 is 11.8 Å². The normalized spacial score (nSPS) is 15.8. The molecule has 0 spiro atoms. The van der Waals surface area contributed by atoms with Crippen molar-refractivity contribution in [1.82, 2.24) is 20.5 Å². The van der Waals surface area contributed by atoms with Crippen LogP contribution in [0.15, 0.2) is 66.3 Å². The van der Waals surface area contributed by atoms with Gasteiger partial charge in [0, 0.05) is 61.7 Å². The molecule has 1 aliphatic rings. The number of benzene rings is 1. The third-order valence-electron chi connectivity index (χ3n) is 6.19. The van der Waals surface area contributed by atoms with E-state index in [1.807, 2.05) is 36.6 Å². The summed E-state index contributed by atoms with van der Waals surface area (Å²) in [7, 11) is 1.67. The summed E-state index contributed by atoms with van der Waals surface area (Å²) in [5.41, 5.74) is 2.01. The average molecular weight is 494 g/mol. The van der Waals surface area contributed by atoms with E-state index < -0.39 is 11.8 Å². The third-order valence-corrected chi connectivity index (χ3v) is 7.14. The number of nitrogens with one attached hydrogen (secondary N) is 2. The van der Waals surface area contributed by atoms with Gasteiger partial charge in [-0.25, -0.2) is 0 Å². The number of hydrogen-bond acceptors (Lipinski definition) is 7. The van der Waals surface area contributed by atoms with Crippen LogP contribution < -0.4 is 20.3 Å². The fourth-order valence-electron chi connectivity index (χ4n) is 4.37. The molecule has 1 aliphatic heterocycles. The van der Waals surface area contributed by atoms with Gasteiger partial charge in [-0.3, -0.25) is 19.5 Å². The molecule has 0 unspecified atom stereocenters. The Morgan fingerprint density at radius 2 is 1.83 bits per heavy atom. The van der Waals surface area contributed by atoms with Crippen molar-refractivity contribution in [2.45, 2.75) is 25.6 Å². The molecular weight excluding hydrogens is 462 g/mol. The molecule has 2 aromatic heterocycles. The molecule has 3 heterocycles. The van der Waals surface area contributed by atoms with Crippen molar-refractivity contribution in [2.75, 3.05) is 38.2 Å². The number of rotatable bonds is 8. The minimum Gasteiger partial charge on any atom is -0.497 e. The minimum atomic E-state index is -0.644. The Bertz CT molecular complexity index is 1080. The van der Waals surface area contributed by atoms with Gasteiger partial charge in [0.2, 0.25) is 0 Å². The van der Waals surface area contributed by atoms with Crippen LogP contribution in [-0.2, 0) is 16.1 Å². The molecule has 2 N–H and O–H groups in total. The summed E-state index contributed by atoms with van der Waals surface area (Å²) in [6.07, 6.45) is 3.33. The molecule has 2 amide bonds. The number of ether oxygens (including phenoxy) is 1. The largest absolute Gasteiger partial charge is 0.497 e. The Balaban J connectivity index is 1.36. The molecule has 0 aliphatic carbocycles.